The summed E-state index contributed by atoms with van der Waals surface area (Å²) in [5.74, 6) is 0. The molecular weight excluding hydrogens is 209 g/mol. The predicted octanol–water partition coefficient (Wildman–Crippen LogP) is 1.83. The molecule has 1 aliphatic heterocycles. The molecule has 0 bridgehead atoms. The topological polar surface area (TPSA) is 60.5 Å². The standard InChI is InChI=1S/C9H9F3N2O/c1-5-2-3-6(13)4-7(5)8(14-15-8)9(10,11)12/h2-4,14H,13H2,1H3. The highest BCUT2D eigenvalue weighted by Crippen LogP contribution is 2.48. The fourth-order valence-corrected chi connectivity index (χ4v) is 1.45. The van der Waals surface area contributed by atoms with Crippen LogP contribution in [0, 0.1) is 6.92 Å². The second-order valence-corrected chi connectivity index (χ2v) is 3.46. The molecular formula is C9H9F3N2O. The Balaban J connectivity index is 2.50. The van der Waals surface area contributed by atoms with Gasteiger partial charge in [-0.25, -0.2) is 0 Å². The highest BCUT2D eigenvalue weighted by Gasteiger charge is 2.68. The first-order chi connectivity index (χ1) is 6.87. The Labute approximate surface area is 84.0 Å². The zero-order valence-electron chi connectivity index (χ0n) is 7.85. The van der Waals surface area contributed by atoms with Gasteiger partial charge in [-0.1, -0.05) is 6.07 Å². The molecule has 0 aromatic heterocycles. The Kier molecular flexibility index (Phi) is 1.96. The summed E-state index contributed by atoms with van der Waals surface area (Å²) < 4.78 is 38.0. The third-order valence-electron chi connectivity index (χ3n) is 2.35. The van der Waals surface area contributed by atoms with Crippen LogP contribution < -0.4 is 11.2 Å². The number of anilines is 1. The SMILES string of the molecule is Cc1ccc(N)cc1C1(C(F)(F)F)NO1. The predicted molar refractivity (Wildman–Crippen MR) is 47.5 cm³/mol. The summed E-state index contributed by atoms with van der Waals surface area (Å²) >= 11 is 0. The van der Waals surface area contributed by atoms with Crippen LogP contribution >= 0.6 is 0 Å². The maximum atomic E-state index is 12.7. The smallest absolute Gasteiger partial charge is 0.399 e. The van der Waals surface area contributed by atoms with E-state index in [1.165, 1.54) is 12.1 Å². The van der Waals surface area contributed by atoms with Gasteiger partial charge in [-0.15, -0.1) is 0 Å². The van der Waals surface area contributed by atoms with Gasteiger partial charge in [0.25, 0.3) is 5.72 Å². The van der Waals surface area contributed by atoms with Crippen LogP contribution in [0.4, 0.5) is 18.9 Å². The molecule has 2 rings (SSSR count). The van der Waals surface area contributed by atoms with E-state index in [-0.39, 0.29) is 11.3 Å². The molecule has 0 amide bonds. The third-order valence-corrected chi connectivity index (χ3v) is 2.35. The first kappa shape index (κ1) is 10.3. The van der Waals surface area contributed by atoms with Crippen molar-refractivity contribution >= 4 is 5.69 Å². The molecule has 15 heavy (non-hydrogen) atoms. The largest absolute Gasteiger partial charge is 0.439 e. The van der Waals surface area contributed by atoms with Crippen LogP contribution in [0.1, 0.15) is 11.1 Å². The Hall–Kier alpha value is -1.27. The minimum Gasteiger partial charge on any atom is -0.399 e. The van der Waals surface area contributed by atoms with Crippen LogP contribution in [0.2, 0.25) is 0 Å². The molecule has 1 aromatic rings. The van der Waals surface area contributed by atoms with E-state index in [1.807, 2.05) is 5.48 Å². The average molecular weight is 218 g/mol. The van der Waals surface area contributed by atoms with Crippen molar-refractivity contribution in [2.75, 3.05) is 5.73 Å². The Morgan fingerprint density at radius 1 is 1.40 bits per heavy atom. The minimum atomic E-state index is -4.49. The first-order valence-corrected chi connectivity index (χ1v) is 4.25. The summed E-state index contributed by atoms with van der Waals surface area (Å²) in [6, 6.07) is 4.34. The number of aryl methyl sites for hydroxylation is 1. The summed E-state index contributed by atoms with van der Waals surface area (Å²) in [6.45, 7) is 1.58. The molecule has 6 heteroatoms. The number of nitrogens with one attached hydrogen (secondary N) is 1. The normalized spacial score (nSPS) is 25.3. The van der Waals surface area contributed by atoms with Gasteiger partial charge in [0.05, 0.1) is 0 Å². The summed E-state index contributed by atoms with van der Waals surface area (Å²) in [4.78, 5) is 4.35. The second kappa shape index (κ2) is 2.86. The average Bonchev–Trinajstić information content (AvgIpc) is 2.88. The summed E-state index contributed by atoms with van der Waals surface area (Å²) in [6.07, 6.45) is -4.49. The van der Waals surface area contributed by atoms with Gasteiger partial charge in [0.2, 0.25) is 0 Å². The molecule has 0 aliphatic carbocycles. The number of halogens is 3. The number of nitrogen functional groups attached to an aromatic ring is 1. The lowest BCUT2D eigenvalue weighted by Crippen LogP contribution is -2.33. The fourth-order valence-electron chi connectivity index (χ4n) is 1.45. The summed E-state index contributed by atoms with van der Waals surface area (Å²) in [5, 5.41) is 0. The van der Waals surface area contributed by atoms with Crippen LogP contribution in [0.5, 0.6) is 0 Å². The van der Waals surface area contributed by atoms with Gasteiger partial charge in [0.1, 0.15) is 0 Å². The van der Waals surface area contributed by atoms with E-state index in [4.69, 9.17) is 5.73 Å². The van der Waals surface area contributed by atoms with Crippen LogP contribution in [-0.4, -0.2) is 6.18 Å². The molecule has 1 fully saturated rings. The number of nitrogens with two attached hydrogens (primary N) is 1. The molecule has 1 unspecified atom stereocenters. The van der Waals surface area contributed by atoms with Crippen molar-refractivity contribution in [1.29, 1.82) is 0 Å². The third kappa shape index (κ3) is 1.46. The second-order valence-electron chi connectivity index (χ2n) is 3.46. The highest BCUT2D eigenvalue weighted by molar-refractivity contribution is 5.47. The van der Waals surface area contributed by atoms with Gasteiger partial charge >= 0.3 is 6.18 Å². The molecule has 1 aromatic carbocycles. The van der Waals surface area contributed by atoms with Crippen molar-refractivity contribution in [2.45, 2.75) is 18.8 Å². The maximum absolute atomic E-state index is 12.7. The van der Waals surface area contributed by atoms with E-state index in [1.54, 1.807) is 13.0 Å². The molecule has 3 N–H and O–H groups in total. The molecule has 1 saturated heterocycles. The van der Waals surface area contributed by atoms with Crippen molar-refractivity contribution in [1.82, 2.24) is 5.48 Å². The van der Waals surface area contributed by atoms with Crippen LogP contribution in [0.25, 0.3) is 0 Å². The van der Waals surface area contributed by atoms with Gasteiger partial charge in [0, 0.05) is 11.3 Å². The number of hydrogen-bond acceptors (Lipinski definition) is 3. The number of hydrogen-bond donors (Lipinski definition) is 2. The molecule has 0 radical (unpaired) electrons. The maximum Gasteiger partial charge on any atom is 0.439 e. The fraction of sp³-hybridized carbons (Fsp3) is 0.333. The lowest BCUT2D eigenvalue weighted by atomic mass is 9.99. The van der Waals surface area contributed by atoms with Crippen molar-refractivity contribution in [3.63, 3.8) is 0 Å². The lowest BCUT2D eigenvalue weighted by Gasteiger charge is -2.16. The van der Waals surface area contributed by atoms with Crippen molar-refractivity contribution in [3.05, 3.63) is 29.3 Å². The molecule has 3 nitrogen and oxygen atoms in total. The number of benzene rings is 1. The zero-order valence-corrected chi connectivity index (χ0v) is 7.85. The van der Waals surface area contributed by atoms with Crippen molar-refractivity contribution in [2.24, 2.45) is 0 Å². The summed E-state index contributed by atoms with van der Waals surface area (Å²) in [7, 11) is 0. The molecule has 82 valence electrons. The van der Waals surface area contributed by atoms with E-state index in [0.29, 0.717) is 5.56 Å². The molecule has 1 aliphatic rings. The van der Waals surface area contributed by atoms with E-state index in [2.05, 4.69) is 4.84 Å². The van der Waals surface area contributed by atoms with E-state index < -0.39 is 11.9 Å². The first-order valence-electron chi connectivity index (χ1n) is 4.25. The quantitative estimate of drug-likeness (QED) is 0.558. The number of rotatable bonds is 1. The Bertz CT molecular complexity index is 399. The van der Waals surface area contributed by atoms with Crippen molar-refractivity contribution < 1.29 is 18.0 Å². The van der Waals surface area contributed by atoms with Crippen LogP contribution in [0.15, 0.2) is 18.2 Å². The molecule has 1 heterocycles. The molecule has 0 spiro atoms. The number of hydroxylamine groups is 1. The Morgan fingerprint density at radius 3 is 2.47 bits per heavy atom. The van der Waals surface area contributed by atoms with Gasteiger partial charge in [0.15, 0.2) is 0 Å². The zero-order chi connectivity index (χ0) is 11.3. The van der Waals surface area contributed by atoms with Crippen LogP contribution in [-0.2, 0) is 10.6 Å². The van der Waals surface area contributed by atoms with E-state index in [9.17, 15) is 13.2 Å². The molecule has 0 saturated carbocycles. The minimum absolute atomic E-state index is 0.00926. The van der Waals surface area contributed by atoms with Gasteiger partial charge in [-0.3, -0.25) is 4.84 Å². The van der Waals surface area contributed by atoms with Gasteiger partial charge in [-0.05, 0) is 24.6 Å². The van der Waals surface area contributed by atoms with Crippen LogP contribution in [0.3, 0.4) is 0 Å². The summed E-state index contributed by atoms with van der Waals surface area (Å²) in [5.41, 5.74) is 5.73. The molecule has 1 atom stereocenters. The highest BCUT2D eigenvalue weighted by atomic mass is 19.4. The Morgan fingerprint density at radius 2 is 2.00 bits per heavy atom. The van der Waals surface area contributed by atoms with Gasteiger partial charge < -0.3 is 5.73 Å². The van der Waals surface area contributed by atoms with E-state index >= 15 is 0 Å². The van der Waals surface area contributed by atoms with E-state index in [0.717, 1.165) is 0 Å². The number of alkyl halides is 3. The van der Waals surface area contributed by atoms with Gasteiger partial charge in [-0.2, -0.15) is 18.7 Å². The monoisotopic (exact) mass is 218 g/mol. The van der Waals surface area contributed by atoms with Crippen molar-refractivity contribution in [3.8, 4) is 0 Å². The lowest BCUT2D eigenvalue weighted by molar-refractivity contribution is -0.188.